The fourth-order valence-electron chi connectivity index (χ4n) is 2.30. The minimum atomic E-state index is -0.471. The van der Waals surface area contributed by atoms with Crippen molar-refractivity contribution < 1.29 is 19.1 Å². The van der Waals surface area contributed by atoms with Crippen LogP contribution in [-0.2, 0) is 14.3 Å². The first-order valence-corrected chi connectivity index (χ1v) is 7.53. The van der Waals surface area contributed by atoms with Crippen LogP contribution >= 0.6 is 0 Å². The highest BCUT2D eigenvalue weighted by Crippen LogP contribution is 2.17. The second kappa shape index (κ2) is 9.33. The minimum absolute atomic E-state index is 0.120. The average Bonchev–Trinajstić information content (AvgIpc) is 2.45. The van der Waals surface area contributed by atoms with Gasteiger partial charge in [0.1, 0.15) is 0 Å². The summed E-state index contributed by atoms with van der Waals surface area (Å²) < 4.78 is 5.01. The molecule has 0 aliphatic carbocycles. The predicted octanol–water partition coefficient (Wildman–Crippen LogP) is 0.497. The number of rotatable bonds is 6. The van der Waals surface area contributed by atoms with Crippen LogP contribution in [-0.4, -0.2) is 55.6 Å². The normalized spacial score (nSPS) is 18.9. The molecule has 3 amide bonds. The molecule has 1 heterocycles. The van der Waals surface area contributed by atoms with Crippen molar-refractivity contribution >= 4 is 17.9 Å². The van der Waals surface area contributed by atoms with Crippen LogP contribution in [0.3, 0.4) is 0 Å². The minimum Gasteiger partial charge on any atom is -0.466 e. The van der Waals surface area contributed by atoms with E-state index in [1.54, 1.807) is 6.92 Å². The Morgan fingerprint density at radius 3 is 2.71 bits per heavy atom. The molecule has 0 bridgehead atoms. The second-order valence-electron chi connectivity index (χ2n) is 5.13. The van der Waals surface area contributed by atoms with Gasteiger partial charge in [0.15, 0.2) is 0 Å². The zero-order valence-corrected chi connectivity index (χ0v) is 12.8. The van der Waals surface area contributed by atoms with Gasteiger partial charge in [0.2, 0.25) is 5.91 Å². The Hall–Kier alpha value is -1.63. The van der Waals surface area contributed by atoms with E-state index in [1.807, 2.05) is 11.8 Å². The van der Waals surface area contributed by atoms with E-state index in [0.29, 0.717) is 19.7 Å². The summed E-state index contributed by atoms with van der Waals surface area (Å²) in [6.45, 7) is 5.99. The Labute approximate surface area is 125 Å². The lowest BCUT2D eigenvalue weighted by Crippen LogP contribution is -2.47. The summed E-state index contributed by atoms with van der Waals surface area (Å²) in [5.41, 5.74) is 0. The largest absolute Gasteiger partial charge is 0.466 e. The van der Waals surface area contributed by atoms with E-state index in [9.17, 15) is 14.4 Å². The Morgan fingerprint density at radius 1 is 1.29 bits per heavy atom. The summed E-state index contributed by atoms with van der Waals surface area (Å²) in [5, 5.41) is 4.87. The molecular weight excluding hydrogens is 274 g/mol. The number of nitrogens with one attached hydrogen (secondary N) is 2. The Kier molecular flexibility index (Phi) is 7.74. The molecule has 0 spiro atoms. The van der Waals surface area contributed by atoms with Crippen LogP contribution in [0.1, 0.15) is 33.1 Å². The number of carbonyl (C=O) groups is 3. The maximum atomic E-state index is 11.8. The van der Waals surface area contributed by atoms with Crippen LogP contribution in [0.2, 0.25) is 0 Å². The van der Waals surface area contributed by atoms with Gasteiger partial charge in [0, 0.05) is 13.1 Å². The summed E-state index contributed by atoms with van der Waals surface area (Å²) in [6, 6.07) is -0.471. The van der Waals surface area contributed by atoms with Crippen molar-refractivity contribution in [2.45, 2.75) is 33.1 Å². The van der Waals surface area contributed by atoms with Crippen LogP contribution in [0.4, 0.5) is 4.79 Å². The fourth-order valence-corrected chi connectivity index (χ4v) is 2.30. The third-order valence-corrected chi connectivity index (χ3v) is 3.28. The number of nitrogens with zero attached hydrogens (tertiary/aromatic N) is 1. The summed E-state index contributed by atoms with van der Waals surface area (Å²) in [6.07, 6.45) is 2.45. The summed E-state index contributed by atoms with van der Waals surface area (Å²) >= 11 is 0. The van der Waals surface area contributed by atoms with Crippen molar-refractivity contribution in [3.05, 3.63) is 0 Å². The maximum Gasteiger partial charge on any atom is 0.321 e. The molecule has 1 atom stereocenters. The second-order valence-corrected chi connectivity index (χ2v) is 5.13. The average molecular weight is 299 g/mol. The number of carbonyl (C=O) groups excluding carboxylic acids is 3. The molecule has 0 saturated carbocycles. The topological polar surface area (TPSA) is 87.7 Å². The molecule has 1 aliphatic rings. The number of likely N-dealkylation sites (tertiary alicyclic amines) is 1. The van der Waals surface area contributed by atoms with E-state index in [1.165, 1.54) is 0 Å². The molecule has 0 radical (unpaired) electrons. The molecule has 1 rings (SSSR count). The highest BCUT2D eigenvalue weighted by molar-refractivity contribution is 5.95. The molecule has 7 heteroatoms. The quantitative estimate of drug-likeness (QED) is 0.697. The SMILES string of the molecule is CCCNC(=O)NC(=O)CN1CCC[C@@H](C(=O)OCC)C1. The molecule has 0 aromatic carbocycles. The summed E-state index contributed by atoms with van der Waals surface area (Å²) in [5.74, 6) is -0.739. The predicted molar refractivity (Wildman–Crippen MR) is 77.6 cm³/mol. The molecular formula is C14H25N3O4. The molecule has 0 aromatic rings. The van der Waals surface area contributed by atoms with Crippen LogP contribution in [0.15, 0.2) is 0 Å². The number of imide groups is 1. The lowest BCUT2D eigenvalue weighted by molar-refractivity contribution is -0.150. The van der Waals surface area contributed by atoms with Gasteiger partial charge in [-0.15, -0.1) is 0 Å². The van der Waals surface area contributed by atoms with Crippen molar-refractivity contribution in [2.24, 2.45) is 5.92 Å². The zero-order valence-electron chi connectivity index (χ0n) is 12.8. The number of piperidine rings is 1. The van der Waals surface area contributed by atoms with Gasteiger partial charge in [0.05, 0.1) is 19.1 Å². The molecule has 1 saturated heterocycles. The number of ether oxygens (including phenoxy) is 1. The van der Waals surface area contributed by atoms with Crippen molar-refractivity contribution in [1.82, 2.24) is 15.5 Å². The number of amides is 3. The molecule has 21 heavy (non-hydrogen) atoms. The van der Waals surface area contributed by atoms with Crippen LogP contribution in [0.25, 0.3) is 0 Å². The summed E-state index contributed by atoms with van der Waals surface area (Å²) in [7, 11) is 0. The third kappa shape index (κ3) is 6.57. The number of esters is 1. The highest BCUT2D eigenvalue weighted by Gasteiger charge is 2.27. The fraction of sp³-hybridized carbons (Fsp3) is 0.786. The first-order valence-electron chi connectivity index (χ1n) is 7.53. The maximum absolute atomic E-state index is 11.8. The van der Waals surface area contributed by atoms with E-state index in [-0.39, 0.29) is 24.3 Å². The van der Waals surface area contributed by atoms with Crippen molar-refractivity contribution in [2.75, 3.05) is 32.8 Å². The van der Waals surface area contributed by atoms with Crippen molar-refractivity contribution in [1.29, 1.82) is 0 Å². The van der Waals surface area contributed by atoms with Gasteiger partial charge >= 0.3 is 12.0 Å². The highest BCUT2D eigenvalue weighted by atomic mass is 16.5. The van der Waals surface area contributed by atoms with E-state index in [4.69, 9.17) is 4.74 Å². The van der Waals surface area contributed by atoms with Gasteiger partial charge in [-0.3, -0.25) is 19.8 Å². The van der Waals surface area contributed by atoms with Crippen LogP contribution in [0.5, 0.6) is 0 Å². The van der Waals surface area contributed by atoms with E-state index in [2.05, 4.69) is 10.6 Å². The smallest absolute Gasteiger partial charge is 0.321 e. The first-order chi connectivity index (χ1) is 10.1. The monoisotopic (exact) mass is 299 g/mol. The van der Waals surface area contributed by atoms with Crippen molar-refractivity contribution in [3.63, 3.8) is 0 Å². The number of hydrogen-bond donors (Lipinski definition) is 2. The zero-order chi connectivity index (χ0) is 15.7. The van der Waals surface area contributed by atoms with E-state index >= 15 is 0 Å². The molecule has 1 fully saturated rings. The van der Waals surface area contributed by atoms with Gasteiger partial charge in [-0.2, -0.15) is 0 Å². The standard InChI is InChI=1S/C14H25N3O4/c1-3-7-15-14(20)16-12(18)10-17-8-5-6-11(9-17)13(19)21-4-2/h11H,3-10H2,1-2H3,(H2,15,16,18,20)/t11-/m1/s1. The molecule has 120 valence electrons. The Bertz CT molecular complexity index is 373. The van der Waals surface area contributed by atoms with E-state index < -0.39 is 6.03 Å². The van der Waals surface area contributed by atoms with E-state index in [0.717, 1.165) is 25.8 Å². The Morgan fingerprint density at radius 2 is 2.05 bits per heavy atom. The van der Waals surface area contributed by atoms with Crippen molar-refractivity contribution in [3.8, 4) is 0 Å². The molecule has 1 aliphatic heterocycles. The number of urea groups is 1. The number of hydrogen-bond acceptors (Lipinski definition) is 5. The van der Waals surface area contributed by atoms with Crippen LogP contribution < -0.4 is 10.6 Å². The molecule has 7 nitrogen and oxygen atoms in total. The molecule has 0 unspecified atom stereocenters. The Balaban J connectivity index is 2.35. The van der Waals surface area contributed by atoms with Gasteiger partial charge in [0.25, 0.3) is 0 Å². The third-order valence-electron chi connectivity index (χ3n) is 3.28. The van der Waals surface area contributed by atoms with Gasteiger partial charge < -0.3 is 10.1 Å². The first kappa shape index (κ1) is 17.4. The molecule has 0 aromatic heterocycles. The lowest BCUT2D eigenvalue weighted by atomic mass is 9.98. The molecule has 2 N–H and O–H groups in total. The lowest BCUT2D eigenvalue weighted by Gasteiger charge is -2.30. The summed E-state index contributed by atoms with van der Waals surface area (Å²) in [4.78, 5) is 36.7. The van der Waals surface area contributed by atoms with Gasteiger partial charge in [-0.05, 0) is 32.7 Å². The van der Waals surface area contributed by atoms with Gasteiger partial charge in [-0.25, -0.2) is 4.79 Å². The van der Waals surface area contributed by atoms with Gasteiger partial charge in [-0.1, -0.05) is 6.92 Å². The van der Waals surface area contributed by atoms with Crippen LogP contribution in [0, 0.1) is 5.92 Å².